The number of aryl methyl sites for hydroxylation is 1. The van der Waals surface area contributed by atoms with E-state index in [4.69, 9.17) is 0 Å². The average molecular weight is 399 g/mol. The smallest absolute Gasteiger partial charge is 0.251 e. The molecule has 0 atom stereocenters. The second kappa shape index (κ2) is 7.23. The molecule has 4 nitrogen and oxygen atoms in total. The van der Waals surface area contributed by atoms with Gasteiger partial charge in [-0.25, -0.2) is 0 Å². The molecular weight excluding hydrogens is 380 g/mol. The lowest BCUT2D eigenvalue weighted by molar-refractivity contribution is 0.0970. The molecule has 128 valence electrons. The first kappa shape index (κ1) is 17.4. The van der Waals surface area contributed by atoms with E-state index < -0.39 is 0 Å². The van der Waals surface area contributed by atoms with E-state index >= 15 is 0 Å². The van der Waals surface area contributed by atoms with E-state index in [0.717, 1.165) is 22.4 Å². The van der Waals surface area contributed by atoms with Crippen molar-refractivity contribution < 1.29 is 4.79 Å². The van der Waals surface area contributed by atoms with Gasteiger partial charge in [-0.15, -0.1) is 0 Å². The Balaban J connectivity index is 1.88. The predicted octanol–water partition coefficient (Wildman–Crippen LogP) is 3.96. The molecule has 3 rings (SSSR count). The van der Waals surface area contributed by atoms with Crippen LogP contribution in [0.4, 0.5) is 0 Å². The number of halogens is 1. The minimum atomic E-state index is -0.186. The summed E-state index contributed by atoms with van der Waals surface area (Å²) in [6, 6.07) is 15.2. The van der Waals surface area contributed by atoms with Crippen LogP contribution in [0.2, 0.25) is 0 Å². The van der Waals surface area contributed by atoms with Gasteiger partial charge in [0.1, 0.15) is 0 Å². The van der Waals surface area contributed by atoms with Crippen LogP contribution in [0.1, 0.15) is 27.3 Å². The van der Waals surface area contributed by atoms with Gasteiger partial charge in [0.25, 0.3) is 5.56 Å². The molecule has 2 heterocycles. The van der Waals surface area contributed by atoms with E-state index in [1.54, 1.807) is 12.3 Å². The average Bonchev–Trinajstić information content (AvgIpc) is 2.87. The van der Waals surface area contributed by atoms with Gasteiger partial charge in [0.2, 0.25) is 0 Å². The molecule has 0 bridgehead atoms. The van der Waals surface area contributed by atoms with Crippen molar-refractivity contribution in [2.45, 2.75) is 26.9 Å². The van der Waals surface area contributed by atoms with Gasteiger partial charge < -0.3 is 9.13 Å². The summed E-state index contributed by atoms with van der Waals surface area (Å²) in [7, 11) is 0. The Hall–Kier alpha value is -2.40. The van der Waals surface area contributed by atoms with Gasteiger partial charge in [0, 0.05) is 40.2 Å². The van der Waals surface area contributed by atoms with E-state index in [1.165, 1.54) is 16.2 Å². The van der Waals surface area contributed by atoms with Crippen LogP contribution in [-0.4, -0.2) is 14.9 Å². The van der Waals surface area contributed by atoms with Gasteiger partial charge in [-0.3, -0.25) is 9.59 Å². The highest BCUT2D eigenvalue weighted by molar-refractivity contribution is 9.10. The summed E-state index contributed by atoms with van der Waals surface area (Å²) in [5, 5.41) is 0. The summed E-state index contributed by atoms with van der Waals surface area (Å²) in [5.74, 6) is -0.0624. The summed E-state index contributed by atoms with van der Waals surface area (Å²) in [4.78, 5) is 24.6. The third-order valence-electron chi connectivity index (χ3n) is 4.32. The summed E-state index contributed by atoms with van der Waals surface area (Å²) < 4.78 is 4.33. The lowest BCUT2D eigenvalue weighted by atomic mass is 10.1. The number of pyridine rings is 1. The number of hydrogen-bond acceptors (Lipinski definition) is 2. The van der Waals surface area contributed by atoms with Crippen molar-refractivity contribution in [1.82, 2.24) is 9.13 Å². The number of rotatable bonds is 5. The summed E-state index contributed by atoms with van der Waals surface area (Å²) in [6.07, 6.45) is 1.64. The molecule has 25 heavy (non-hydrogen) atoms. The lowest BCUT2D eigenvalue weighted by Gasteiger charge is -2.10. The van der Waals surface area contributed by atoms with Gasteiger partial charge in [0.15, 0.2) is 5.78 Å². The van der Waals surface area contributed by atoms with Crippen LogP contribution in [0.3, 0.4) is 0 Å². The van der Waals surface area contributed by atoms with E-state index in [-0.39, 0.29) is 17.9 Å². The topological polar surface area (TPSA) is 44.0 Å². The Bertz CT molecular complexity index is 971. The molecule has 3 aromatic rings. The molecule has 1 aromatic carbocycles. The monoisotopic (exact) mass is 398 g/mol. The molecule has 0 radical (unpaired) electrons. The fraction of sp³-hybridized carbons (Fsp3) is 0.200. The highest BCUT2D eigenvalue weighted by atomic mass is 79.9. The maximum atomic E-state index is 12.7. The fourth-order valence-corrected chi connectivity index (χ4v) is 3.34. The minimum absolute atomic E-state index is 0.0356. The Morgan fingerprint density at radius 2 is 1.80 bits per heavy atom. The summed E-state index contributed by atoms with van der Waals surface area (Å²) >= 11 is 3.33. The van der Waals surface area contributed by atoms with Crippen molar-refractivity contribution in [3.63, 3.8) is 0 Å². The summed E-state index contributed by atoms with van der Waals surface area (Å²) in [6.45, 7) is 4.71. The number of hydrogen-bond donors (Lipinski definition) is 0. The molecular formula is C20H19BrN2O2. The van der Waals surface area contributed by atoms with Gasteiger partial charge in [-0.1, -0.05) is 30.3 Å². The largest absolute Gasteiger partial charge is 0.344 e. The Labute approximate surface area is 154 Å². The zero-order chi connectivity index (χ0) is 18.0. The molecule has 0 unspecified atom stereocenters. The number of carbonyl (C=O) groups excluding carboxylic acids is 1. The standard InChI is InChI=1S/C20H19BrN2O2/c1-14-10-18(15(2)23(14)11-16-6-4-3-5-7-16)19(24)13-22-12-17(21)8-9-20(22)25/h3-10,12H,11,13H2,1-2H3. The molecule has 0 spiro atoms. The van der Waals surface area contributed by atoms with Crippen molar-refractivity contribution >= 4 is 21.7 Å². The number of nitrogens with zero attached hydrogens (tertiary/aromatic N) is 2. The van der Waals surface area contributed by atoms with Crippen molar-refractivity contribution in [2.24, 2.45) is 0 Å². The van der Waals surface area contributed by atoms with Crippen molar-refractivity contribution in [3.8, 4) is 0 Å². The summed E-state index contributed by atoms with van der Waals surface area (Å²) in [5.41, 5.74) is 3.63. The number of Topliss-reactive ketones (excluding diaryl/α,β-unsaturated/α-hetero) is 1. The van der Waals surface area contributed by atoms with E-state index in [0.29, 0.717) is 5.56 Å². The molecule has 0 amide bonds. The first-order chi connectivity index (χ1) is 12.0. The second-order valence-electron chi connectivity index (χ2n) is 6.09. The molecule has 0 saturated heterocycles. The van der Waals surface area contributed by atoms with Crippen LogP contribution in [0.25, 0.3) is 0 Å². The molecule has 0 fully saturated rings. The fourth-order valence-electron chi connectivity index (χ4n) is 2.96. The maximum Gasteiger partial charge on any atom is 0.251 e. The highest BCUT2D eigenvalue weighted by Crippen LogP contribution is 2.18. The minimum Gasteiger partial charge on any atom is -0.344 e. The van der Waals surface area contributed by atoms with Crippen LogP contribution in [0.5, 0.6) is 0 Å². The number of aromatic nitrogens is 2. The van der Waals surface area contributed by atoms with Crippen LogP contribution in [0, 0.1) is 13.8 Å². The van der Waals surface area contributed by atoms with Crippen LogP contribution in [0.15, 0.2) is 64.0 Å². The van der Waals surface area contributed by atoms with Crippen LogP contribution < -0.4 is 5.56 Å². The number of ketones is 1. The molecule has 5 heteroatoms. The molecule has 0 aliphatic heterocycles. The Morgan fingerprint density at radius 1 is 1.08 bits per heavy atom. The maximum absolute atomic E-state index is 12.7. The lowest BCUT2D eigenvalue weighted by Crippen LogP contribution is -2.23. The van der Waals surface area contributed by atoms with Gasteiger partial charge in [-0.05, 0) is 47.5 Å². The quantitative estimate of drug-likeness (QED) is 0.610. The predicted molar refractivity (Wildman–Crippen MR) is 102 cm³/mol. The normalized spacial score (nSPS) is 10.8. The molecule has 0 saturated carbocycles. The van der Waals surface area contributed by atoms with Crippen molar-refractivity contribution in [3.05, 3.63) is 92.1 Å². The zero-order valence-electron chi connectivity index (χ0n) is 14.2. The van der Waals surface area contributed by atoms with Gasteiger partial charge in [0.05, 0.1) is 6.54 Å². The zero-order valence-corrected chi connectivity index (χ0v) is 15.8. The molecule has 2 aromatic heterocycles. The first-order valence-corrected chi connectivity index (χ1v) is 8.85. The number of carbonyl (C=O) groups is 1. The SMILES string of the molecule is Cc1cc(C(=O)Cn2cc(Br)ccc2=O)c(C)n1Cc1ccccc1. The van der Waals surface area contributed by atoms with E-state index in [1.807, 2.05) is 38.1 Å². The third-order valence-corrected chi connectivity index (χ3v) is 4.79. The molecule has 0 N–H and O–H groups in total. The van der Waals surface area contributed by atoms with Gasteiger partial charge >= 0.3 is 0 Å². The van der Waals surface area contributed by atoms with Gasteiger partial charge in [-0.2, -0.15) is 0 Å². The van der Waals surface area contributed by atoms with E-state index in [2.05, 4.69) is 32.6 Å². The third kappa shape index (κ3) is 3.82. The molecule has 0 aliphatic rings. The molecule has 0 aliphatic carbocycles. The van der Waals surface area contributed by atoms with Crippen molar-refractivity contribution in [1.29, 1.82) is 0 Å². The second-order valence-corrected chi connectivity index (χ2v) is 7.01. The van der Waals surface area contributed by atoms with E-state index in [9.17, 15) is 9.59 Å². The van der Waals surface area contributed by atoms with Crippen LogP contribution >= 0.6 is 15.9 Å². The Kier molecular flexibility index (Phi) is 5.04. The number of benzene rings is 1. The Morgan fingerprint density at radius 3 is 2.52 bits per heavy atom. The first-order valence-electron chi connectivity index (χ1n) is 8.05. The van der Waals surface area contributed by atoms with Crippen LogP contribution in [-0.2, 0) is 13.1 Å². The van der Waals surface area contributed by atoms with Crippen molar-refractivity contribution in [2.75, 3.05) is 0 Å². The highest BCUT2D eigenvalue weighted by Gasteiger charge is 2.16.